The molecule has 2 aromatic heterocycles. The van der Waals surface area contributed by atoms with Crippen molar-refractivity contribution in [1.82, 2.24) is 4.98 Å². The van der Waals surface area contributed by atoms with Gasteiger partial charge in [0.15, 0.2) is 0 Å². The molecule has 0 radical (unpaired) electrons. The number of hydrogen-bond acceptors (Lipinski definition) is 3. The van der Waals surface area contributed by atoms with Crippen molar-refractivity contribution < 1.29 is 9.53 Å². The van der Waals surface area contributed by atoms with E-state index in [1.807, 2.05) is 13.0 Å². The molecule has 0 saturated heterocycles. The van der Waals surface area contributed by atoms with Crippen molar-refractivity contribution in [3.8, 4) is 0 Å². The molecule has 0 fully saturated rings. The first-order valence-electron chi connectivity index (χ1n) is 4.58. The van der Waals surface area contributed by atoms with Gasteiger partial charge in [-0.05, 0) is 35.8 Å². The lowest BCUT2D eigenvalue weighted by Crippen LogP contribution is -2.05. The van der Waals surface area contributed by atoms with Crippen LogP contribution in [0.2, 0.25) is 0 Å². The van der Waals surface area contributed by atoms with E-state index in [0.29, 0.717) is 12.3 Å². The van der Waals surface area contributed by atoms with Gasteiger partial charge < -0.3 is 9.72 Å². The third-order valence-corrected chi connectivity index (χ3v) is 3.82. The van der Waals surface area contributed by atoms with E-state index < -0.39 is 0 Å². The Morgan fingerprint density at radius 1 is 1.67 bits per heavy atom. The Labute approximate surface area is 99.6 Å². The van der Waals surface area contributed by atoms with Crippen molar-refractivity contribution in [2.75, 3.05) is 6.61 Å². The van der Waals surface area contributed by atoms with E-state index in [0.717, 1.165) is 14.7 Å². The first-order chi connectivity index (χ1) is 7.13. The van der Waals surface area contributed by atoms with Crippen LogP contribution in [0.25, 0.3) is 10.2 Å². The predicted molar refractivity (Wildman–Crippen MR) is 64.6 cm³/mol. The quantitative estimate of drug-likeness (QED) is 0.860. The highest BCUT2D eigenvalue weighted by Crippen LogP contribution is 2.33. The van der Waals surface area contributed by atoms with Gasteiger partial charge in [-0.25, -0.2) is 4.79 Å². The Kier molecular flexibility index (Phi) is 2.84. The van der Waals surface area contributed by atoms with Crippen LogP contribution in [0.1, 0.15) is 22.3 Å². The number of thiophene rings is 1. The zero-order valence-electron chi connectivity index (χ0n) is 8.39. The standard InChI is InChI=1S/C10H10BrNO2S/c1-3-14-10(13)8-7(11)6-4-5(2)15-9(6)12-8/h4,12H,3H2,1-2H3. The molecular formula is C10H10BrNO2S. The van der Waals surface area contributed by atoms with E-state index in [9.17, 15) is 4.79 Å². The third-order valence-electron chi connectivity index (χ3n) is 2.03. The highest BCUT2D eigenvalue weighted by Gasteiger charge is 2.18. The summed E-state index contributed by atoms with van der Waals surface area (Å²) in [5.74, 6) is -0.314. The monoisotopic (exact) mass is 287 g/mol. The van der Waals surface area contributed by atoms with Crippen LogP contribution in [-0.2, 0) is 4.74 Å². The van der Waals surface area contributed by atoms with Gasteiger partial charge in [0.05, 0.1) is 11.1 Å². The number of esters is 1. The van der Waals surface area contributed by atoms with Crippen molar-refractivity contribution >= 4 is 43.5 Å². The lowest BCUT2D eigenvalue weighted by molar-refractivity contribution is 0.0519. The average Bonchev–Trinajstić information content (AvgIpc) is 2.66. The predicted octanol–water partition coefficient (Wildman–Crippen LogP) is 3.48. The van der Waals surface area contributed by atoms with Gasteiger partial charge in [-0.1, -0.05) is 0 Å². The van der Waals surface area contributed by atoms with Crippen LogP contribution >= 0.6 is 27.3 Å². The summed E-state index contributed by atoms with van der Waals surface area (Å²) in [6.07, 6.45) is 0. The third kappa shape index (κ3) is 1.81. The molecule has 1 N–H and O–H groups in total. The van der Waals surface area contributed by atoms with Gasteiger partial charge in [-0.2, -0.15) is 0 Å². The molecule has 0 aliphatic heterocycles. The molecule has 80 valence electrons. The summed E-state index contributed by atoms with van der Waals surface area (Å²) in [7, 11) is 0. The number of carbonyl (C=O) groups is 1. The molecule has 0 saturated carbocycles. The Morgan fingerprint density at radius 3 is 3.00 bits per heavy atom. The fourth-order valence-electron chi connectivity index (χ4n) is 1.42. The lowest BCUT2D eigenvalue weighted by Gasteiger charge is -1.98. The molecule has 2 aromatic rings. The number of aromatic amines is 1. The number of aryl methyl sites for hydroxylation is 1. The number of rotatable bonds is 2. The molecule has 2 rings (SSSR count). The maximum atomic E-state index is 11.5. The fraction of sp³-hybridized carbons (Fsp3) is 0.300. The highest BCUT2D eigenvalue weighted by molar-refractivity contribution is 9.10. The first kappa shape index (κ1) is 10.7. The smallest absolute Gasteiger partial charge is 0.355 e. The number of carbonyl (C=O) groups excluding carboxylic acids is 1. The summed E-state index contributed by atoms with van der Waals surface area (Å²) < 4.78 is 5.73. The Hall–Kier alpha value is -0.810. The van der Waals surface area contributed by atoms with E-state index >= 15 is 0 Å². The SMILES string of the molecule is CCOC(=O)c1[nH]c2sc(C)cc2c1Br. The minimum atomic E-state index is -0.314. The van der Waals surface area contributed by atoms with Gasteiger partial charge in [0.2, 0.25) is 0 Å². The van der Waals surface area contributed by atoms with Crippen LogP contribution in [0.5, 0.6) is 0 Å². The Morgan fingerprint density at radius 2 is 2.40 bits per heavy atom. The molecule has 2 heterocycles. The van der Waals surface area contributed by atoms with E-state index in [-0.39, 0.29) is 5.97 Å². The van der Waals surface area contributed by atoms with Gasteiger partial charge >= 0.3 is 5.97 Å². The summed E-state index contributed by atoms with van der Waals surface area (Å²) >= 11 is 5.04. The normalized spacial score (nSPS) is 10.9. The number of halogens is 1. The number of aromatic nitrogens is 1. The van der Waals surface area contributed by atoms with Crippen molar-refractivity contribution in [3.05, 3.63) is 21.1 Å². The summed E-state index contributed by atoms with van der Waals surface area (Å²) in [6, 6.07) is 2.04. The largest absolute Gasteiger partial charge is 0.461 e. The number of H-pyrrole nitrogens is 1. The topological polar surface area (TPSA) is 42.1 Å². The molecule has 0 atom stereocenters. The second-order valence-corrected chi connectivity index (χ2v) is 5.18. The number of nitrogens with one attached hydrogen (secondary N) is 1. The van der Waals surface area contributed by atoms with Crippen LogP contribution in [0.3, 0.4) is 0 Å². The lowest BCUT2D eigenvalue weighted by atomic mass is 10.3. The number of fused-ring (bicyclic) bond motifs is 1. The molecule has 0 bridgehead atoms. The number of ether oxygens (including phenoxy) is 1. The molecule has 0 amide bonds. The summed E-state index contributed by atoms with van der Waals surface area (Å²) in [5.41, 5.74) is 0.498. The van der Waals surface area contributed by atoms with E-state index in [1.54, 1.807) is 18.3 Å². The number of hydrogen-bond donors (Lipinski definition) is 1. The van der Waals surface area contributed by atoms with Gasteiger partial charge in [-0.15, -0.1) is 11.3 Å². The minimum Gasteiger partial charge on any atom is -0.461 e. The van der Waals surface area contributed by atoms with Crippen LogP contribution in [0.15, 0.2) is 10.5 Å². The average molecular weight is 288 g/mol. The zero-order valence-corrected chi connectivity index (χ0v) is 10.8. The van der Waals surface area contributed by atoms with E-state index in [1.165, 1.54) is 4.88 Å². The fourth-order valence-corrected chi connectivity index (χ4v) is 3.04. The molecule has 0 unspecified atom stereocenters. The molecule has 0 spiro atoms. The van der Waals surface area contributed by atoms with Gasteiger partial charge in [0, 0.05) is 10.3 Å². The zero-order chi connectivity index (χ0) is 11.0. The van der Waals surface area contributed by atoms with Crippen LogP contribution in [0, 0.1) is 6.92 Å². The molecule has 0 aliphatic rings. The maximum absolute atomic E-state index is 11.5. The summed E-state index contributed by atoms with van der Waals surface area (Å²) in [4.78, 5) is 16.8. The Balaban J connectivity index is 2.49. The van der Waals surface area contributed by atoms with E-state index in [4.69, 9.17) is 4.74 Å². The Bertz CT molecular complexity index is 515. The molecular weight excluding hydrogens is 278 g/mol. The molecule has 5 heteroatoms. The molecule has 3 nitrogen and oxygen atoms in total. The summed E-state index contributed by atoms with van der Waals surface area (Å²) in [6.45, 7) is 4.22. The van der Waals surface area contributed by atoms with E-state index in [2.05, 4.69) is 20.9 Å². The summed E-state index contributed by atoms with van der Waals surface area (Å²) in [5, 5.41) is 1.04. The highest BCUT2D eigenvalue weighted by atomic mass is 79.9. The van der Waals surface area contributed by atoms with Crippen LogP contribution < -0.4 is 0 Å². The van der Waals surface area contributed by atoms with Crippen molar-refractivity contribution in [1.29, 1.82) is 0 Å². The van der Waals surface area contributed by atoms with Crippen LogP contribution in [0.4, 0.5) is 0 Å². The molecule has 0 aromatic carbocycles. The van der Waals surface area contributed by atoms with Crippen molar-refractivity contribution in [2.45, 2.75) is 13.8 Å². The van der Waals surface area contributed by atoms with Crippen molar-refractivity contribution in [2.24, 2.45) is 0 Å². The van der Waals surface area contributed by atoms with Gasteiger partial charge in [0.25, 0.3) is 0 Å². The maximum Gasteiger partial charge on any atom is 0.355 e. The molecule has 0 aliphatic carbocycles. The second-order valence-electron chi connectivity index (χ2n) is 3.13. The van der Waals surface area contributed by atoms with Crippen LogP contribution in [-0.4, -0.2) is 17.6 Å². The second kappa shape index (κ2) is 3.98. The van der Waals surface area contributed by atoms with Gasteiger partial charge in [-0.3, -0.25) is 0 Å². The first-order valence-corrected chi connectivity index (χ1v) is 6.19. The molecule has 15 heavy (non-hydrogen) atoms. The van der Waals surface area contributed by atoms with Crippen molar-refractivity contribution in [3.63, 3.8) is 0 Å². The minimum absolute atomic E-state index is 0.314. The van der Waals surface area contributed by atoms with Gasteiger partial charge in [0.1, 0.15) is 10.5 Å².